The van der Waals surface area contributed by atoms with Crippen LogP contribution in [0.1, 0.15) is 36.0 Å². The van der Waals surface area contributed by atoms with E-state index in [2.05, 4.69) is 21.2 Å². The fraction of sp³-hybridized carbons (Fsp3) is 0.529. The van der Waals surface area contributed by atoms with Crippen LogP contribution >= 0.6 is 15.9 Å². The quantitative estimate of drug-likeness (QED) is 0.740. The van der Waals surface area contributed by atoms with Crippen LogP contribution in [0.3, 0.4) is 0 Å². The second kappa shape index (κ2) is 7.19. The van der Waals surface area contributed by atoms with Gasteiger partial charge in [0.25, 0.3) is 5.91 Å². The van der Waals surface area contributed by atoms with Crippen LogP contribution in [0.2, 0.25) is 0 Å². The second-order valence-electron chi connectivity index (χ2n) is 6.66. The molecule has 7 heteroatoms. The zero-order chi connectivity index (χ0) is 17.3. The minimum absolute atomic E-state index is 0.0151. The number of amides is 1. The minimum Gasteiger partial charge on any atom is -0.480 e. The lowest BCUT2D eigenvalue weighted by Crippen LogP contribution is -2.55. The highest BCUT2D eigenvalue weighted by atomic mass is 79.9. The van der Waals surface area contributed by atoms with Gasteiger partial charge in [-0.25, -0.2) is 4.39 Å². The van der Waals surface area contributed by atoms with Crippen molar-refractivity contribution in [2.45, 2.75) is 37.8 Å². The summed E-state index contributed by atoms with van der Waals surface area (Å²) >= 11 is 3.20. The third-order valence-corrected chi connectivity index (χ3v) is 5.34. The average Bonchev–Trinajstić information content (AvgIpc) is 3.25. The molecule has 2 aliphatic carbocycles. The van der Waals surface area contributed by atoms with Crippen molar-refractivity contribution in [1.82, 2.24) is 10.2 Å². The molecule has 130 valence electrons. The lowest BCUT2D eigenvalue weighted by atomic mass is 9.85. The van der Waals surface area contributed by atoms with Gasteiger partial charge in [-0.2, -0.15) is 0 Å². The summed E-state index contributed by atoms with van der Waals surface area (Å²) in [6.45, 7) is 0.858. The molecular weight excluding hydrogens is 379 g/mol. The van der Waals surface area contributed by atoms with Crippen molar-refractivity contribution in [2.75, 3.05) is 13.1 Å². The Morgan fingerprint density at radius 3 is 2.62 bits per heavy atom. The Labute approximate surface area is 148 Å². The summed E-state index contributed by atoms with van der Waals surface area (Å²) < 4.78 is 14.2. The molecule has 1 aromatic rings. The molecule has 1 aromatic carbocycles. The number of nitrogens with one attached hydrogen (secondary N) is 1. The summed E-state index contributed by atoms with van der Waals surface area (Å²) in [4.78, 5) is 25.3. The van der Waals surface area contributed by atoms with Gasteiger partial charge in [-0.3, -0.25) is 14.5 Å². The van der Waals surface area contributed by atoms with Gasteiger partial charge in [0.15, 0.2) is 0 Å². The topological polar surface area (TPSA) is 69.6 Å². The zero-order valence-electron chi connectivity index (χ0n) is 13.2. The van der Waals surface area contributed by atoms with E-state index in [1.54, 1.807) is 6.07 Å². The molecule has 5 nitrogen and oxygen atoms in total. The maximum Gasteiger partial charge on any atom is 0.317 e. The lowest BCUT2D eigenvalue weighted by molar-refractivity contribution is -0.139. The van der Waals surface area contributed by atoms with Gasteiger partial charge < -0.3 is 10.4 Å². The molecule has 0 heterocycles. The van der Waals surface area contributed by atoms with E-state index >= 15 is 0 Å². The second-order valence-corrected chi connectivity index (χ2v) is 7.51. The Morgan fingerprint density at radius 2 is 2.04 bits per heavy atom. The molecule has 3 rings (SSSR count). The Balaban J connectivity index is 1.53. The van der Waals surface area contributed by atoms with Crippen molar-refractivity contribution < 1.29 is 19.1 Å². The number of carbonyl (C=O) groups is 2. The van der Waals surface area contributed by atoms with E-state index in [0.29, 0.717) is 23.2 Å². The number of nitrogens with zero attached hydrogens (tertiary/aromatic N) is 1. The number of aliphatic carboxylic acids is 1. The standard InChI is InChI=1S/C17H20BrFN2O3/c18-13-2-1-3-14(19)16(13)17(24)20-11-6-12(7-11)21(9-15(22)23)8-10-4-5-10/h1-3,10-12H,4-9H2,(H,20,24)(H,22,23). The predicted molar refractivity (Wildman–Crippen MR) is 90.3 cm³/mol. The summed E-state index contributed by atoms with van der Waals surface area (Å²) in [5.74, 6) is -1.19. The van der Waals surface area contributed by atoms with Crippen LogP contribution in [0, 0.1) is 11.7 Å². The molecule has 1 amide bonds. The van der Waals surface area contributed by atoms with Gasteiger partial charge in [-0.15, -0.1) is 0 Å². The molecule has 0 radical (unpaired) electrons. The average molecular weight is 399 g/mol. The molecule has 0 aromatic heterocycles. The van der Waals surface area contributed by atoms with Gasteiger partial charge in [0.05, 0.1) is 12.1 Å². The molecule has 2 aliphatic rings. The number of carboxylic acids is 1. The zero-order valence-corrected chi connectivity index (χ0v) is 14.8. The number of rotatable bonds is 7. The third kappa shape index (κ3) is 4.13. The van der Waals surface area contributed by atoms with Crippen LogP contribution in [-0.4, -0.2) is 47.1 Å². The van der Waals surface area contributed by atoms with E-state index in [4.69, 9.17) is 5.11 Å². The number of carbonyl (C=O) groups excluding carboxylic acids is 1. The molecule has 0 saturated heterocycles. The summed E-state index contributed by atoms with van der Waals surface area (Å²) in [6, 6.07) is 4.57. The van der Waals surface area contributed by atoms with Crippen molar-refractivity contribution in [1.29, 1.82) is 0 Å². The first-order valence-corrected chi connectivity index (χ1v) is 8.94. The molecule has 0 unspecified atom stereocenters. The van der Waals surface area contributed by atoms with Crippen LogP contribution in [-0.2, 0) is 4.79 Å². The molecule has 0 atom stereocenters. The Kier molecular flexibility index (Phi) is 5.20. The summed E-state index contributed by atoms with van der Waals surface area (Å²) in [5, 5.41) is 11.9. The highest BCUT2D eigenvalue weighted by Gasteiger charge is 2.38. The summed E-state index contributed by atoms with van der Waals surface area (Å²) in [6.07, 6.45) is 3.75. The van der Waals surface area contributed by atoms with E-state index in [1.807, 2.05) is 4.90 Å². The van der Waals surface area contributed by atoms with Crippen LogP contribution in [0.5, 0.6) is 0 Å². The first-order chi connectivity index (χ1) is 11.4. The van der Waals surface area contributed by atoms with Crippen LogP contribution in [0.4, 0.5) is 4.39 Å². The Bertz CT molecular complexity index is 624. The van der Waals surface area contributed by atoms with Gasteiger partial charge in [0.1, 0.15) is 5.82 Å². The van der Waals surface area contributed by atoms with Crippen molar-refractivity contribution in [3.8, 4) is 0 Å². The molecule has 2 saturated carbocycles. The maximum absolute atomic E-state index is 13.8. The fourth-order valence-electron chi connectivity index (χ4n) is 3.12. The third-order valence-electron chi connectivity index (χ3n) is 4.68. The smallest absolute Gasteiger partial charge is 0.317 e. The normalized spacial score (nSPS) is 23.0. The lowest BCUT2D eigenvalue weighted by Gasteiger charge is -2.42. The van der Waals surface area contributed by atoms with Crippen molar-refractivity contribution in [3.05, 3.63) is 34.1 Å². The largest absolute Gasteiger partial charge is 0.480 e. The fourth-order valence-corrected chi connectivity index (χ4v) is 3.65. The molecule has 2 fully saturated rings. The van der Waals surface area contributed by atoms with Gasteiger partial charge in [0.2, 0.25) is 0 Å². The van der Waals surface area contributed by atoms with E-state index in [1.165, 1.54) is 25.0 Å². The highest BCUT2D eigenvalue weighted by molar-refractivity contribution is 9.10. The van der Waals surface area contributed by atoms with Gasteiger partial charge in [-0.05, 0) is 59.7 Å². The summed E-state index contributed by atoms with van der Waals surface area (Å²) in [5.41, 5.74) is 0.0151. The molecular formula is C17H20BrFN2O3. The van der Waals surface area contributed by atoms with E-state index in [-0.39, 0.29) is 24.2 Å². The van der Waals surface area contributed by atoms with Gasteiger partial charge >= 0.3 is 5.97 Å². The van der Waals surface area contributed by atoms with Crippen molar-refractivity contribution >= 4 is 27.8 Å². The molecule has 24 heavy (non-hydrogen) atoms. The van der Waals surface area contributed by atoms with E-state index in [9.17, 15) is 14.0 Å². The van der Waals surface area contributed by atoms with Crippen LogP contribution < -0.4 is 5.32 Å². The first-order valence-electron chi connectivity index (χ1n) is 8.14. The van der Waals surface area contributed by atoms with E-state index in [0.717, 1.165) is 6.54 Å². The van der Waals surface area contributed by atoms with Crippen molar-refractivity contribution in [2.24, 2.45) is 5.92 Å². The number of hydrogen-bond donors (Lipinski definition) is 2. The maximum atomic E-state index is 13.8. The molecule has 2 N–H and O–H groups in total. The van der Waals surface area contributed by atoms with Crippen LogP contribution in [0.25, 0.3) is 0 Å². The number of hydrogen-bond acceptors (Lipinski definition) is 3. The monoisotopic (exact) mass is 398 g/mol. The minimum atomic E-state index is -0.821. The number of benzene rings is 1. The van der Waals surface area contributed by atoms with Crippen LogP contribution in [0.15, 0.2) is 22.7 Å². The first kappa shape index (κ1) is 17.4. The molecule has 0 bridgehead atoms. The predicted octanol–water partition coefficient (Wildman–Crippen LogP) is 2.65. The van der Waals surface area contributed by atoms with Gasteiger partial charge in [0, 0.05) is 23.1 Å². The Hall–Kier alpha value is -1.47. The highest BCUT2D eigenvalue weighted by Crippen LogP contribution is 2.34. The summed E-state index contributed by atoms with van der Waals surface area (Å²) in [7, 11) is 0. The molecule has 0 spiro atoms. The van der Waals surface area contributed by atoms with E-state index < -0.39 is 17.7 Å². The SMILES string of the molecule is O=C(O)CN(CC1CC1)C1CC(NC(=O)c2c(F)cccc2Br)C1. The Morgan fingerprint density at radius 1 is 1.33 bits per heavy atom. The van der Waals surface area contributed by atoms with Gasteiger partial charge in [-0.1, -0.05) is 6.07 Å². The number of halogens is 2. The number of carboxylic acid groups (broad SMARTS) is 1. The van der Waals surface area contributed by atoms with Crippen molar-refractivity contribution in [3.63, 3.8) is 0 Å². The molecule has 0 aliphatic heterocycles.